The van der Waals surface area contributed by atoms with Gasteiger partial charge in [-0.15, -0.1) is 0 Å². The van der Waals surface area contributed by atoms with Crippen LogP contribution in [-0.2, 0) is 23.5 Å². The zero-order chi connectivity index (χ0) is 14.2. The summed E-state index contributed by atoms with van der Waals surface area (Å²) < 4.78 is 15.1. The smallest absolute Gasteiger partial charge is 0.308 e. The molecule has 0 saturated carbocycles. The number of rotatable bonds is 8. The summed E-state index contributed by atoms with van der Waals surface area (Å²) in [5.74, 6) is -0.517. The van der Waals surface area contributed by atoms with Crippen molar-refractivity contribution in [3.05, 3.63) is 0 Å². The van der Waals surface area contributed by atoms with Crippen molar-refractivity contribution >= 4 is 20.3 Å². The Morgan fingerprint density at radius 2 is 1.61 bits per heavy atom. The Morgan fingerprint density at radius 1 is 1.06 bits per heavy atom. The number of ether oxygens (including phenoxy) is 2. The van der Waals surface area contributed by atoms with Gasteiger partial charge >= 0.3 is 11.9 Å². The minimum absolute atomic E-state index is 0.172. The van der Waals surface area contributed by atoms with E-state index in [4.69, 9.17) is 4.43 Å². The summed E-state index contributed by atoms with van der Waals surface area (Å²) in [6.07, 6.45) is 1.73. The van der Waals surface area contributed by atoms with Crippen molar-refractivity contribution in [3.63, 3.8) is 0 Å². The first-order chi connectivity index (χ1) is 8.28. The molecule has 18 heavy (non-hydrogen) atoms. The lowest BCUT2D eigenvalue weighted by Gasteiger charge is -2.25. The highest BCUT2D eigenvalue weighted by atomic mass is 28.4. The number of methoxy groups -OCH3 is 2. The average molecular weight is 276 g/mol. The van der Waals surface area contributed by atoms with Crippen molar-refractivity contribution in [2.75, 3.05) is 14.2 Å². The molecule has 0 aliphatic heterocycles. The van der Waals surface area contributed by atoms with E-state index in [1.165, 1.54) is 14.2 Å². The fraction of sp³-hybridized carbons (Fsp3) is 0.833. The van der Waals surface area contributed by atoms with E-state index in [9.17, 15) is 9.59 Å². The Labute approximate surface area is 110 Å². The van der Waals surface area contributed by atoms with E-state index in [0.29, 0.717) is 19.3 Å². The molecule has 106 valence electrons. The molecular formula is C12H24O5Si. The Kier molecular flexibility index (Phi) is 7.85. The number of hydrogen-bond acceptors (Lipinski definition) is 5. The van der Waals surface area contributed by atoms with Crippen LogP contribution in [0.4, 0.5) is 0 Å². The van der Waals surface area contributed by atoms with Gasteiger partial charge in [0.2, 0.25) is 0 Å². The fourth-order valence-electron chi connectivity index (χ4n) is 1.55. The molecular weight excluding hydrogens is 252 g/mol. The normalized spacial score (nSPS) is 12.9. The van der Waals surface area contributed by atoms with Gasteiger partial charge in [0.25, 0.3) is 0 Å². The molecule has 0 radical (unpaired) electrons. The van der Waals surface area contributed by atoms with Crippen molar-refractivity contribution in [2.45, 2.75) is 51.4 Å². The number of carbonyl (C=O) groups excluding carboxylic acids is 2. The predicted octanol–water partition coefficient (Wildman–Crippen LogP) is 2.11. The van der Waals surface area contributed by atoms with Gasteiger partial charge in [0.1, 0.15) is 0 Å². The van der Waals surface area contributed by atoms with Crippen molar-refractivity contribution < 1.29 is 23.5 Å². The van der Waals surface area contributed by atoms with Crippen molar-refractivity contribution in [2.24, 2.45) is 0 Å². The van der Waals surface area contributed by atoms with E-state index in [0.717, 1.165) is 0 Å². The molecule has 0 aromatic heterocycles. The second kappa shape index (κ2) is 8.26. The fourth-order valence-corrected chi connectivity index (χ4v) is 2.75. The zero-order valence-electron chi connectivity index (χ0n) is 11.9. The highest BCUT2D eigenvalue weighted by Gasteiger charge is 2.23. The molecule has 6 heteroatoms. The summed E-state index contributed by atoms with van der Waals surface area (Å²) in [7, 11) is 1.02. The lowest BCUT2D eigenvalue weighted by atomic mass is 10.1. The van der Waals surface area contributed by atoms with E-state index in [1.807, 2.05) is 0 Å². The molecule has 0 saturated heterocycles. The van der Waals surface area contributed by atoms with Crippen LogP contribution in [0.1, 0.15) is 25.7 Å². The molecule has 5 nitrogen and oxygen atoms in total. The first kappa shape index (κ1) is 17.1. The van der Waals surface area contributed by atoms with Gasteiger partial charge in [-0.25, -0.2) is 0 Å². The SMILES string of the molecule is COC(=O)CCCC(CC(=O)OC)O[Si](C)(C)C. The molecule has 1 atom stereocenters. The monoisotopic (exact) mass is 276 g/mol. The van der Waals surface area contributed by atoms with E-state index in [2.05, 4.69) is 29.1 Å². The number of hydrogen-bond donors (Lipinski definition) is 0. The van der Waals surface area contributed by atoms with E-state index >= 15 is 0 Å². The van der Waals surface area contributed by atoms with E-state index in [-0.39, 0.29) is 24.5 Å². The lowest BCUT2D eigenvalue weighted by molar-refractivity contribution is -0.142. The van der Waals surface area contributed by atoms with Crippen LogP contribution in [0.2, 0.25) is 19.6 Å². The largest absolute Gasteiger partial charge is 0.469 e. The van der Waals surface area contributed by atoms with Crippen LogP contribution < -0.4 is 0 Å². The minimum atomic E-state index is -1.71. The summed E-state index contributed by atoms with van der Waals surface area (Å²) in [5, 5.41) is 0. The van der Waals surface area contributed by atoms with Crippen molar-refractivity contribution in [3.8, 4) is 0 Å². The van der Waals surface area contributed by atoms with Crippen LogP contribution in [0.3, 0.4) is 0 Å². The standard InChI is InChI=1S/C12H24O5Si/c1-15-11(13)8-6-7-10(9-12(14)16-2)17-18(3,4)5/h10H,6-9H2,1-5H3. The Balaban J connectivity index is 4.21. The van der Waals surface area contributed by atoms with Gasteiger partial charge in [0.15, 0.2) is 8.32 Å². The summed E-state index contributed by atoms with van der Waals surface area (Å²) in [5.41, 5.74) is 0. The maximum atomic E-state index is 11.3. The van der Waals surface area contributed by atoms with E-state index in [1.54, 1.807) is 0 Å². The summed E-state index contributed by atoms with van der Waals surface area (Å²) in [4.78, 5) is 22.3. The topological polar surface area (TPSA) is 61.8 Å². The predicted molar refractivity (Wildman–Crippen MR) is 70.7 cm³/mol. The second-order valence-electron chi connectivity index (χ2n) is 5.10. The van der Waals surface area contributed by atoms with Crippen LogP contribution in [0.15, 0.2) is 0 Å². The molecule has 0 aromatic carbocycles. The Morgan fingerprint density at radius 3 is 2.06 bits per heavy atom. The molecule has 0 fully saturated rings. The van der Waals surface area contributed by atoms with Crippen molar-refractivity contribution in [1.82, 2.24) is 0 Å². The highest BCUT2D eigenvalue weighted by molar-refractivity contribution is 6.69. The molecule has 0 rings (SSSR count). The second-order valence-corrected chi connectivity index (χ2v) is 9.56. The maximum Gasteiger partial charge on any atom is 0.308 e. The van der Waals surface area contributed by atoms with Gasteiger partial charge in [-0.05, 0) is 32.5 Å². The summed E-state index contributed by atoms with van der Waals surface area (Å²) in [6.45, 7) is 6.20. The van der Waals surface area contributed by atoms with Crippen LogP contribution in [-0.4, -0.2) is 40.6 Å². The van der Waals surface area contributed by atoms with Gasteiger partial charge in [-0.3, -0.25) is 9.59 Å². The van der Waals surface area contributed by atoms with E-state index < -0.39 is 8.32 Å². The van der Waals surface area contributed by atoms with Crippen LogP contribution in [0, 0.1) is 0 Å². The first-order valence-corrected chi connectivity index (χ1v) is 9.50. The van der Waals surface area contributed by atoms with Gasteiger partial charge in [-0.1, -0.05) is 0 Å². The quantitative estimate of drug-likeness (QED) is 0.502. The number of carbonyl (C=O) groups is 2. The minimum Gasteiger partial charge on any atom is -0.469 e. The maximum absolute atomic E-state index is 11.3. The Bertz CT molecular complexity index is 272. The van der Waals surface area contributed by atoms with Crippen molar-refractivity contribution in [1.29, 1.82) is 0 Å². The van der Waals surface area contributed by atoms with Gasteiger partial charge < -0.3 is 13.9 Å². The molecule has 0 aromatic rings. The third-order valence-corrected chi connectivity index (χ3v) is 3.32. The zero-order valence-corrected chi connectivity index (χ0v) is 12.9. The molecule has 0 aliphatic rings. The molecule has 0 amide bonds. The summed E-state index contributed by atoms with van der Waals surface area (Å²) in [6, 6.07) is 0. The lowest BCUT2D eigenvalue weighted by Crippen LogP contribution is -2.33. The van der Waals surface area contributed by atoms with Gasteiger partial charge in [0, 0.05) is 6.42 Å². The molecule has 1 unspecified atom stereocenters. The third-order valence-electron chi connectivity index (χ3n) is 2.28. The third kappa shape index (κ3) is 9.18. The molecule has 0 aliphatic carbocycles. The Hall–Kier alpha value is -0.883. The average Bonchev–Trinajstić information content (AvgIpc) is 2.26. The first-order valence-electron chi connectivity index (χ1n) is 6.10. The van der Waals surface area contributed by atoms with Crippen LogP contribution in [0.25, 0.3) is 0 Å². The molecule has 0 N–H and O–H groups in total. The van der Waals surface area contributed by atoms with Crippen LogP contribution >= 0.6 is 0 Å². The van der Waals surface area contributed by atoms with Gasteiger partial charge in [0.05, 0.1) is 26.7 Å². The van der Waals surface area contributed by atoms with Crippen LogP contribution in [0.5, 0.6) is 0 Å². The number of esters is 2. The summed E-state index contributed by atoms with van der Waals surface area (Å²) >= 11 is 0. The van der Waals surface area contributed by atoms with Gasteiger partial charge in [-0.2, -0.15) is 0 Å². The highest BCUT2D eigenvalue weighted by Crippen LogP contribution is 2.16. The molecule has 0 spiro atoms. The molecule has 0 heterocycles. The molecule has 0 bridgehead atoms.